The van der Waals surface area contributed by atoms with Gasteiger partial charge in [0.2, 0.25) is 0 Å². The molecule has 0 fully saturated rings. The molecule has 0 aromatic carbocycles. The maximum Gasteiger partial charge on any atom is 0.0771 e. The number of rotatable bonds is 5. The first kappa shape index (κ1) is 10.7. The van der Waals surface area contributed by atoms with Crippen LogP contribution in [0.4, 0.5) is 0 Å². The molecule has 1 heterocycles. The van der Waals surface area contributed by atoms with Gasteiger partial charge < -0.3 is 10.1 Å². The van der Waals surface area contributed by atoms with E-state index in [2.05, 4.69) is 29.8 Å². The van der Waals surface area contributed by atoms with Crippen LogP contribution < -0.4 is 5.32 Å². The first-order valence-electron chi connectivity index (χ1n) is 4.57. The van der Waals surface area contributed by atoms with Crippen molar-refractivity contribution in [2.75, 3.05) is 14.2 Å². The van der Waals surface area contributed by atoms with Crippen LogP contribution in [0.1, 0.15) is 24.3 Å². The fraction of sp³-hybridized carbons (Fsp3) is 0.600. The Morgan fingerprint density at radius 2 is 2.38 bits per heavy atom. The van der Waals surface area contributed by atoms with Gasteiger partial charge in [0, 0.05) is 12.0 Å². The Morgan fingerprint density at radius 3 is 2.77 bits per heavy atom. The van der Waals surface area contributed by atoms with E-state index in [1.807, 2.05) is 7.05 Å². The Bertz CT molecular complexity index is 219. The average Bonchev–Trinajstić information content (AvgIpc) is 2.66. The van der Waals surface area contributed by atoms with E-state index in [0.717, 1.165) is 6.42 Å². The lowest BCUT2D eigenvalue weighted by Gasteiger charge is -2.23. The molecule has 13 heavy (non-hydrogen) atoms. The van der Waals surface area contributed by atoms with Crippen LogP contribution in [0.3, 0.4) is 0 Å². The normalized spacial score (nSPS) is 15.6. The first-order chi connectivity index (χ1) is 6.33. The summed E-state index contributed by atoms with van der Waals surface area (Å²) in [5, 5.41) is 5.39. The zero-order valence-corrected chi connectivity index (χ0v) is 9.23. The van der Waals surface area contributed by atoms with Crippen molar-refractivity contribution < 1.29 is 4.74 Å². The van der Waals surface area contributed by atoms with Crippen LogP contribution in [-0.2, 0) is 4.74 Å². The molecule has 0 aliphatic rings. The zero-order valence-electron chi connectivity index (χ0n) is 8.41. The lowest BCUT2D eigenvalue weighted by Crippen LogP contribution is -2.29. The highest BCUT2D eigenvalue weighted by atomic mass is 32.1. The summed E-state index contributed by atoms with van der Waals surface area (Å²) < 4.78 is 5.42. The van der Waals surface area contributed by atoms with Crippen LogP contribution >= 0.6 is 11.3 Å². The number of likely N-dealkylation sites (N-methyl/N-ethyl adjacent to an activating group) is 1. The lowest BCUT2D eigenvalue weighted by molar-refractivity contribution is 0.0686. The molecule has 0 aliphatic carbocycles. The highest BCUT2D eigenvalue weighted by Crippen LogP contribution is 2.24. The van der Waals surface area contributed by atoms with E-state index in [1.165, 1.54) is 4.88 Å². The van der Waals surface area contributed by atoms with Gasteiger partial charge in [-0.15, -0.1) is 11.3 Å². The summed E-state index contributed by atoms with van der Waals surface area (Å²) >= 11 is 1.77. The Morgan fingerprint density at radius 1 is 1.62 bits per heavy atom. The first-order valence-corrected chi connectivity index (χ1v) is 5.44. The zero-order chi connectivity index (χ0) is 9.68. The van der Waals surface area contributed by atoms with Gasteiger partial charge in [0.05, 0.1) is 12.1 Å². The van der Waals surface area contributed by atoms with Crippen molar-refractivity contribution in [1.82, 2.24) is 5.32 Å². The second kappa shape index (κ2) is 5.37. The quantitative estimate of drug-likeness (QED) is 0.786. The summed E-state index contributed by atoms with van der Waals surface area (Å²) in [6.45, 7) is 2.14. The highest BCUT2D eigenvalue weighted by molar-refractivity contribution is 7.10. The fourth-order valence-corrected chi connectivity index (χ4v) is 2.41. The predicted molar refractivity (Wildman–Crippen MR) is 57.2 cm³/mol. The largest absolute Gasteiger partial charge is 0.379 e. The van der Waals surface area contributed by atoms with Gasteiger partial charge in [-0.05, 0) is 24.9 Å². The van der Waals surface area contributed by atoms with E-state index in [0.29, 0.717) is 6.04 Å². The second-order valence-electron chi connectivity index (χ2n) is 2.96. The molecule has 1 aromatic rings. The fourth-order valence-electron chi connectivity index (χ4n) is 1.52. The highest BCUT2D eigenvalue weighted by Gasteiger charge is 2.20. The minimum Gasteiger partial charge on any atom is -0.379 e. The van der Waals surface area contributed by atoms with E-state index in [9.17, 15) is 0 Å². The molecular formula is C10H17NOS. The van der Waals surface area contributed by atoms with Gasteiger partial charge in [-0.1, -0.05) is 13.0 Å². The third-order valence-electron chi connectivity index (χ3n) is 2.24. The molecule has 0 radical (unpaired) electrons. The van der Waals surface area contributed by atoms with Crippen LogP contribution in [0.15, 0.2) is 17.5 Å². The van der Waals surface area contributed by atoms with Gasteiger partial charge in [0.15, 0.2) is 0 Å². The van der Waals surface area contributed by atoms with Gasteiger partial charge >= 0.3 is 0 Å². The minimum absolute atomic E-state index is 0.267. The molecule has 0 saturated carbocycles. The molecule has 1 N–H and O–H groups in total. The summed E-state index contributed by atoms with van der Waals surface area (Å²) in [7, 11) is 3.75. The summed E-state index contributed by atoms with van der Waals surface area (Å²) in [4.78, 5) is 1.34. The molecule has 3 heteroatoms. The van der Waals surface area contributed by atoms with Crippen molar-refractivity contribution in [3.05, 3.63) is 22.4 Å². The van der Waals surface area contributed by atoms with Gasteiger partial charge in [0.25, 0.3) is 0 Å². The van der Waals surface area contributed by atoms with Crippen LogP contribution in [0, 0.1) is 0 Å². The van der Waals surface area contributed by atoms with E-state index in [1.54, 1.807) is 18.4 Å². The molecular weight excluding hydrogens is 182 g/mol. The van der Waals surface area contributed by atoms with Crippen molar-refractivity contribution in [2.45, 2.75) is 25.5 Å². The smallest absolute Gasteiger partial charge is 0.0771 e. The summed E-state index contributed by atoms with van der Waals surface area (Å²) in [5.74, 6) is 0. The predicted octanol–water partition coefficient (Wildman–Crippen LogP) is 2.43. The van der Waals surface area contributed by atoms with Crippen LogP contribution in [-0.4, -0.2) is 20.3 Å². The van der Waals surface area contributed by atoms with Crippen LogP contribution in [0.5, 0.6) is 0 Å². The third kappa shape index (κ3) is 2.53. The molecule has 2 nitrogen and oxygen atoms in total. The molecule has 0 bridgehead atoms. The van der Waals surface area contributed by atoms with Gasteiger partial charge in [-0.25, -0.2) is 0 Å². The van der Waals surface area contributed by atoms with Crippen LogP contribution in [0.25, 0.3) is 0 Å². The topological polar surface area (TPSA) is 21.3 Å². The maximum absolute atomic E-state index is 5.42. The molecule has 1 rings (SSSR count). The molecule has 74 valence electrons. The standard InChI is InChI=1S/C10H17NOS/c1-4-8(12-3)10(11-2)9-6-5-7-13-9/h5-8,10-11H,4H2,1-3H3. The Hall–Kier alpha value is -0.380. The monoisotopic (exact) mass is 199 g/mol. The van der Waals surface area contributed by atoms with Crippen molar-refractivity contribution >= 4 is 11.3 Å². The number of methoxy groups -OCH3 is 1. The van der Waals surface area contributed by atoms with Gasteiger partial charge in [-0.2, -0.15) is 0 Å². The molecule has 1 aromatic heterocycles. The number of nitrogens with one attached hydrogen (secondary N) is 1. The van der Waals surface area contributed by atoms with Gasteiger partial charge in [-0.3, -0.25) is 0 Å². The second-order valence-corrected chi connectivity index (χ2v) is 3.94. The minimum atomic E-state index is 0.267. The van der Waals surface area contributed by atoms with Crippen molar-refractivity contribution in [3.63, 3.8) is 0 Å². The summed E-state index contributed by atoms with van der Waals surface area (Å²) in [5.41, 5.74) is 0. The Kier molecular flexibility index (Phi) is 4.42. The Labute approximate surface area is 83.9 Å². The summed E-state index contributed by atoms with van der Waals surface area (Å²) in [6, 6.07) is 4.55. The SMILES string of the molecule is CCC(OC)C(NC)c1cccs1. The summed E-state index contributed by atoms with van der Waals surface area (Å²) in [6.07, 6.45) is 1.29. The number of hydrogen-bond donors (Lipinski definition) is 1. The molecule has 0 saturated heterocycles. The number of ether oxygens (including phenoxy) is 1. The molecule has 0 aliphatic heterocycles. The van der Waals surface area contributed by atoms with E-state index < -0.39 is 0 Å². The molecule has 2 unspecified atom stereocenters. The van der Waals surface area contributed by atoms with Crippen LogP contribution in [0.2, 0.25) is 0 Å². The number of hydrogen-bond acceptors (Lipinski definition) is 3. The van der Waals surface area contributed by atoms with Crippen molar-refractivity contribution in [3.8, 4) is 0 Å². The Balaban J connectivity index is 2.72. The number of thiophene rings is 1. The van der Waals surface area contributed by atoms with Crippen molar-refractivity contribution in [2.24, 2.45) is 0 Å². The molecule has 0 amide bonds. The lowest BCUT2D eigenvalue weighted by atomic mass is 10.1. The third-order valence-corrected chi connectivity index (χ3v) is 3.19. The van der Waals surface area contributed by atoms with E-state index >= 15 is 0 Å². The van der Waals surface area contributed by atoms with E-state index in [4.69, 9.17) is 4.74 Å². The molecule has 2 atom stereocenters. The van der Waals surface area contributed by atoms with E-state index in [-0.39, 0.29) is 6.10 Å². The molecule has 0 spiro atoms. The van der Waals surface area contributed by atoms with Gasteiger partial charge in [0.1, 0.15) is 0 Å². The maximum atomic E-state index is 5.42. The van der Waals surface area contributed by atoms with Crippen molar-refractivity contribution in [1.29, 1.82) is 0 Å². The average molecular weight is 199 g/mol.